The standard InChI is InChI=1S/C13H16O4S/c1-13(2,14)7-9-8-18(15,16)12-5-4-10(17-3)6-11(9)12/h4-6,8,14H,7H2,1-3H3. The zero-order chi connectivity index (χ0) is 13.6. The predicted octanol–water partition coefficient (Wildman–Crippen LogP) is 1.98. The highest BCUT2D eigenvalue weighted by molar-refractivity contribution is 7.95. The second kappa shape index (κ2) is 4.10. The van der Waals surface area contributed by atoms with Crippen LogP contribution < -0.4 is 4.74 Å². The van der Waals surface area contributed by atoms with Crippen molar-refractivity contribution in [2.24, 2.45) is 0 Å². The summed E-state index contributed by atoms with van der Waals surface area (Å²) in [4.78, 5) is 0.280. The molecule has 0 unspecified atom stereocenters. The second-order valence-electron chi connectivity index (χ2n) is 5.04. The molecule has 0 bridgehead atoms. The van der Waals surface area contributed by atoms with Gasteiger partial charge in [0.1, 0.15) is 5.75 Å². The van der Waals surface area contributed by atoms with E-state index in [1.807, 2.05) is 0 Å². The summed E-state index contributed by atoms with van der Waals surface area (Å²) in [5.41, 5.74) is 0.291. The number of benzene rings is 1. The molecule has 0 saturated carbocycles. The van der Waals surface area contributed by atoms with Crippen LogP contribution in [0.4, 0.5) is 0 Å². The van der Waals surface area contributed by atoms with Gasteiger partial charge in [0.15, 0.2) is 0 Å². The smallest absolute Gasteiger partial charge is 0.200 e. The first-order chi connectivity index (χ1) is 8.23. The first-order valence-electron chi connectivity index (χ1n) is 5.59. The van der Waals surface area contributed by atoms with Gasteiger partial charge >= 0.3 is 0 Å². The predicted molar refractivity (Wildman–Crippen MR) is 69.1 cm³/mol. The molecular formula is C13H16O4S. The molecule has 0 aromatic heterocycles. The van der Waals surface area contributed by atoms with Crippen LogP contribution in [0.3, 0.4) is 0 Å². The van der Waals surface area contributed by atoms with Crippen LogP contribution in [0.5, 0.6) is 5.75 Å². The Bertz CT molecular complexity index is 606. The third-order valence-electron chi connectivity index (χ3n) is 2.76. The Morgan fingerprint density at radius 3 is 2.56 bits per heavy atom. The fraction of sp³-hybridized carbons (Fsp3) is 0.385. The molecule has 1 aliphatic rings. The Morgan fingerprint density at radius 1 is 1.33 bits per heavy atom. The monoisotopic (exact) mass is 268 g/mol. The number of aliphatic hydroxyl groups is 1. The molecular weight excluding hydrogens is 252 g/mol. The summed E-state index contributed by atoms with van der Waals surface area (Å²) in [6, 6.07) is 4.85. The molecule has 0 aliphatic carbocycles. The van der Waals surface area contributed by atoms with E-state index in [4.69, 9.17) is 4.74 Å². The zero-order valence-corrected chi connectivity index (χ0v) is 11.4. The van der Waals surface area contributed by atoms with Crippen LogP contribution in [0.25, 0.3) is 5.57 Å². The number of sulfone groups is 1. The molecule has 4 nitrogen and oxygen atoms in total. The third kappa shape index (κ3) is 2.42. The molecule has 0 radical (unpaired) electrons. The van der Waals surface area contributed by atoms with Gasteiger partial charge in [0.05, 0.1) is 17.6 Å². The minimum atomic E-state index is -3.38. The van der Waals surface area contributed by atoms with Crippen molar-refractivity contribution in [1.29, 1.82) is 0 Å². The molecule has 1 aromatic carbocycles. The molecule has 2 rings (SSSR count). The van der Waals surface area contributed by atoms with Gasteiger partial charge in [-0.1, -0.05) is 0 Å². The Labute approximate surface area is 107 Å². The van der Waals surface area contributed by atoms with E-state index in [-0.39, 0.29) is 11.3 Å². The van der Waals surface area contributed by atoms with Crippen LogP contribution in [-0.2, 0) is 9.84 Å². The van der Waals surface area contributed by atoms with Crippen LogP contribution in [0.2, 0.25) is 0 Å². The molecule has 0 amide bonds. The lowest BCUT2D eigenvalue weighted by Crippen LogP contribution is -2.18. The summed E-state index contributed by atoms with van der Waals surface area (Å²) in [7, 11) is -1.85. The van der Waals surface area contributed by atoms with Gasteiger partial charge in [-0.05, 0) is 37.6 Å². The lowest BCUT2D eigenvalue weighted by atomic mass is 9.94. The first kappa shape index (κ1) is 13.1. The summed E-state index contributed by atoms with van der Waals surface area (Å²) in [5.74, 6) is 0.604. The largest absolute Gasteiger partial charge is 0.497 e. The average molecular weight is 268 g/mol. The molecule has 0 saturated heterocycles. The van der Waals surface area contributed by atoms with Gasteiger partial charge in [-0.15, -0.1) is 0 Å². The highest BCUT2D eigenvalue weighted by Crippen LogP contribution is 2.39. The third-order valence-corrected chi connectivity index (χ3v) is 4.32. The van der Waals surface area contributed by atoms with Crippen molar-refractivity contribution in [3.63, 3.8) is 0 Å². The van der Waals surface area contributed by atoms with Crippen molar-refractivity contribution < 1.29 is 18.3 Å². The first-order valence-corrected chi connectivity index (χ1v) is 7.14. The maximum absolute atomic E-state index is 12.0. The van der Waals surface area contributed by atoms with Crippen LogP contribution in [-0.4, -0.2) is 26.2 Å². The summed E-state index contributed by atoms with van der Waals surface area (Å²) in [5, 5.41) is 11.1. The van der Waals surface area contributed by atoms with Gasteiger partial charge in [-0.3, -0.25) is 0 Å². The van der Waals surface area contributed by atoms with E-state index in [9.17, 15) is 13.5 Å². The van der Waals surface area contributed by atoms with E-state index in [1.165, 1.54) is 18.6 Å². The quantitative estimate of drug-likeness (QED) is 0.910. The number of methoxy groups -OCH3 is 1. The number of hydrogen-bond donors (Lipinski definition) is 1. The molecule has 1 aromatic rings. The van der Waals surface area contributed by atoms with Crippen molar-refractivity contribution in [3.8, 4) is 5.75 Å². The number of hydrogen-bond acceptors (Lipinski definition) is 4. The fourth-order valence-electron chi connectivity index (χ4n) is 2.05. The van der Waals surface area contributed by atoms with Crippen LogP contribution in [0.1, 0.15) is 25.8 Å². The minimum Gasteiger partial charge on any atom is -0.497 e. The number of ether oxygens (including phenoxy) is 1. The minimum absolute atomic E-state index is 0.280. The van der Waals surface area contributed by atoms with E-state index in [2.05, 4.69) is 0 Å². The van der Waals surface area contributed by atoms with Gasteiger partial charge in [0, 0.05) is 17.4 Å². The molecule has 98 valence electrons. The summed E-state index contributed by atoms with van der Waals surface area (Å²) < 4.78 is 29.0. The van der Waals surface area contributed by atoms with E-state index < -0.39 is 15.4 Å². The van der Waals surface area contributed by atoms with E-state index in [0.29, 0.717) is 16.9 Å². The second-order valence-corrected chi connectivity index (χ2v) is 6.80. The van der Waals surface area contributed by atoms with E-state index >= 15 is 0 Å². The zero-order valence-electron chi connectivity index (χ0n) is 10.6. The topological polar surface area (TPSA) is 63.6 Å². The summed E-state index contributed by atoms with van der Waals surface area (Å²) >= 11 is 0. The molecule has 0 fully saturated rings. The Balaban J connectivity index is 2.54. The Morgan fingerprint density at radius 2 is 2.00 bits per heavy atom. The van der Waals surface area contributed by atoms with Crippen molar-refractivity contribution in [2.45, 2.75) is 30.8 Å². The molecule has 5 heteroatoms. The highest BCUT2D eigenvalue weighted by atomic mass is 32.2. The molecule has 1 N–H and O–H groups in total. The van der Waals surface area contributed by atoms with Crippen molar-refractivity contribution in [2.75, 3.05) is 7.11 Å². The van der Waals surface area contributed by atoms with E-state index in [1.54, 1.807) is 26.0 Å². The van der Waals surface area contributed by atoms with Gasteiger partial charge in [0.25, 0.3) is 0 Å². The molecule has 1 aliphatic heterocycles. The van der Waals surface area contributed by atoms with Crippen LogP contribution in [0, 0.1) is 0 Å². The summed E-state index contributed by atoms with van der Waals surface area (Å²) in [6.07, 6.45) is 0.284. The van der Waals surface area contributed by atoms with Crippen molar-refractivity contribution in [1.82, 2.24) is 0 Å². The molecule has 1 heterocycles. The highest BCUT2D eigenvalue weighted by Gasteiger charge is 2.30. The SMILES string of the molecule is COc1ccc2c(c1)C(CC(C)(C)O)=CS2(=O)=O. The maximum atomic E-state index is 12.0. The number of fused-ring (bicyclic) bond motifs is 1. The Hall–Kier alpha value is -1.33. The van der Waals surface area contributed by atoms with E-state index in [0.717, 1.165) is 0 Å². The van der Waals surface area contributed by atoms with Crippen molar-refractivity contribution >= 4 is 15.4 Å². The Kier molecular flexibility index (Phi) is 2.99. The normalized spacial score (nSPS) is 17.2. The lowest BCUT2D eigenvalue weighted by molar-refractivity contribution is 0.0864. The fourth-order valence-corrected chi connectivity index (χ4v) is 3.52. The summed E-state index contributed by atoms with van der Waals surface area (Å²) in [6.45, 7) is 3.30. The van der Waals surface area contributed by atoms with Gasteiger partial charge in [-0.2, -0.15) is 0 Å². The maximum Gasteiger partial charge on any atom is 0.200 e. The van der Waals surface area contributed by atoms with Crippen LogP contribution in [0.15, 0.2) is 28.5 Å². The number of rotatable bonds is 3. The molecule has 18 heavy (non-hydrogen) atoms. The van der Waals surface area contributed by atoms with Gasteiger partial charge < -0.3 is 9.84 Å². The van der Waals surface area contributed by atoms with Crippen LogP contribution >= 0.6 is 0 Å². The van der Waals surface area contributed by atoms with Crippen molar-refractivity contribution in [3.05, 3.63) is 29.2 Å². The van der Waals surface area contributed by atoms with Gasteiger partial charge in [0.2, 0.25) is 9.84 Å². The average Bonchev–Trinajstić information content (AvgIpc) is 2.48. The van der Waals surface area contributed by atoms with Gasteiger partial charge in [-0.25, -0.2) is 8.42 Å². The molecule has 0 atom stereocenters. The molecule has 0 spiro atoms. The lowest BCUT2D eigenvalue weighted by Gasteiger charge is -2.18.